The molecular formula is C13H17ClF3NO2. The molecule has 7 heteroatoms. The second-order valence-corrected chi connectivity index (χ2v) is 4.59. The molecule has 20 heavy (non-hydrogen) atoms. The summed E-state index contributed by atoms with van der Waals surface area (Å²) in [5.41, 5.74) is 6.95. The first kappa shape index (κ1) is 17.1. The standard InChI is InChI=1S/C13H16F3NO2.ClH/c14-13(15,16)19-11-3-1-9(2-4-11)12(17)10-5-7-18-8-6-10;/h1-4,10,12H,5-8,17H2;1H/t12-;/m1./s1. The molecule has 0 unspecified atom stereocenters. The number of rotatable bonds is 3. The van der Waals surface area contributed by atoms with Gasteiger partial charge in [-0.2, -0.15) is 0 Å². The van der Waals surface area contributed by atoms with Gasteiger partial charge in [-0.1, -0.05) is 12.1 Å². The van der Waals surface area contributed by atoms with Crippen LogP contribution in [0.2, 0.25) is 0 Å². The number of hydrogen-bond acceptors (Lipinski definition) is 3. The Kier molecular flexibility index (Phi) is 6.10. The zero-order valence-electron chi connectivity index (χ0n) is 10.7. The minimum Gasteiger partial charge on any atom is -0.406 e. The normalized spacial score (nSPS) is 18.2. The molecule has 1 heterocycles. The van der Waals surface area contributed by atoms with E-state index in [9.17, 15) is 13.2 Å². The maximum atomic E-state index is 12.0. The quantitative estimate of drug-likeness (QED) is 0.930. The molecule has 2 N–H and O–H groups in total. The maximum absolute atomic E-state index is 12.0. The van der Waals surface area contributed by atoms with Gasteiger partial charge in [0.25, 0.3) is 0 Å². The Hall–Kier alpha value is -0.980. The van der Waals surface area contributed by atoms with Gasteiger partial charge in [0.2, 0.25) is 0 Å². The first-order chi connectivity index (χ1) is 8.96. The van der Waals surface area contributed by atoms with Crippen molar-refractivity contribution in [2.75, 3.05) is 13.2 Å². The Bertz CT molecular complexity index is 405. The van der Waals surface area contributed by atoms with Crippen LogP contribution in [0, 0.1) is 5.92 Å². The molecule has 0 saturated carbocycles. The average Bonchev–Trinajstić information content (AvgIpc) is 2.38. The van der Waals surface area contributed by atoms with Crippen molar-refractivity contribution in [3.63, 3.8) is 0 Å². The highest BCUT2D eigenvalue weighted by Crippen LogP contribution is 2.30. The molecule has 0 aromatic heterocycles. The van der Waals surface area contributed by atoms with E-state index in [1.807, 2.05) is 0 Å². The van der Waals surface area contributed by atoms with Crippen molar-refractivity contribution in [1.29, 1.82) is 0 Å². The summed E-state index contributed by atoms with van der Waals surface area (Å²) in [7, 11) is 0. The molecule has 1 aromatic rings. The van der Waals surface area contributed by atoms with Crippen molar-refractivity contribution in [3.8, 4) is 5.75 Å². The monoisotopic (exact) mass is 311 g/mol. The Balaban J connectivity index is 0.00000200. The van der Waals surface area contributed by atoms with Crippen molar-refractivity contribution in [3.05, 3.63) is 29.8 Å². The number of alkyl halides is 3. The zero-order chi connectivity index (χ0) is 13.9. The number of ether oxygens (including phenoxy) is 2. The summed E-state index contributed by atoms with van der Waals surface area (Å²) in [6.07, 6.45) is -2.91. The predicted octanol–water partition coefficient (Wildman–Crippen LogP) is 3.43. The van der Waals surface area contributed by atoms with Gasteiger partial charge >= 0.3 is 6.36 Å². The van der Waals surface area contributed by atoms with Gasteiger partial charge < -0.3 is 15.2 Å². The van der Waals surface area contributed by atoms with Crippen molar-refractivity contribution < 1.29 is 22.6 Å². The van der Waals surface area contributed by atoms with E-state index in [0.29, 0.717) is 19.1 Å². The smallest absolute Gasteiger partial charge is 0.406 e. The summed E-state index contributed by atoms with van der Waals surface area (Å²) < 4.78 is 45.2. The lowest BCUT2D eigenvalue weighted by Gasteiger charge is -2.28. The molecule has 0 amide bonds. The molecule has 1 saturated heterocycles. The van der Waals surface area contributed by atoms with Crippen LogP contribution in [0.1, 0.15) is 24.4 Å². The third-order valence-corrected chi connectivity index (χ3v) is 3.27. The predicted molar refractivity (Wildman–Crippen MR) is 70.8 cm³/mol. The van der Waals surface area contributed by atoms with Gasteiger partial charge in [-0.3, -0.25) is 0 Å². The lowest BCUT2D eigenvalue weighted by molar-refractivity contribution is -0.274. The molecule has 1 aromatic carbocycles. The molecule has 2 rings (SSSR count). The minimum absolute atomic E-state index is 0. The number of halogens is 4. The van der Waals surface area contributed by atoms with Gasteiger partial charge in [0.1, 0.15) is 5.75 Å². The van der Waals surface area contributed by atoms with E-state index in [1.165, 1.54) is 12.1 Å². The van der Waals surface area contributed by atoms with Crippen molar-refractivity contribution in [1.82, 2.24) is 0 Å². The van der Waals surface area contributed by atoms with Crippen LogP contribution < -0.4 is 10.5 Å². The molecule has 1 atom stereocenters. The molecule has 0 aliphatic carbocycles. The van der Waals surface area contributed by atoms with Gasteiger partial charge in [0.05, 0.1) is 0 Å². The Morgan fingerprint density at radius 2 is 1.70 bits per heavy atom. The first-order valence-electron chi connectivity index (χ1n) is 6.15. The molecule has 114 valence electrons. The zero-order valence-corrected chi connectivity index (χ0v) is 11.5. The van der Waals surface area contributed by atoms with Crippen LogP contribution in [0.3, 0.4) is 0 Å². The molecule has 0 radical (unpaired) electrons. The highest BCUT2D eigenvalue weighted by atomic mass is 35.5. The van der Waals surface area contributed by atoms with Gasteiger partial charge in [-0.05, 0) is 36.5 Å². The SMILES string of the molecule is Cl.N[C@H](c1ccc(OC(F)(F)F)cc1)C1CCOCC1. The van der Waals surface area contributed by atoms with E-state index in [-0.39, 0.29) is 24.2 Å². The summed E-state index contributed by atoms with van der Waals surface area (Å²) in [4.78, 5) is 0. The van der Waals surface area contributed by atoms with E-state index in [0.717, 1.165) is 18.4 Å². The summed E-state index contributed by atoms with van der Waals surface area (Å²) in [6.45, 7) is 1.38. The van der Waals surface area contributed by atoms with E-state index in [1.54, 1.807) is 12.1 Å². The fourth-order valence-corrected chi connectivity index (χ4v) is 2.24. The topological polar surface area (TPSA) is 44.5 Å². The largest absolute Gasteiger partial charge is 0.573 e. The summed E-state index contributed by atoms with van der Waals surface area (Å²) in [6, 6.07) is 5.58. The lowest BCUT2D eigenvalue weighted by Crippen LogP contribution is -2.27. The third kappa shape index (κ3) is 4.85. The van der Waals surface area contributed by atoms with Crippen LogP contribution in [-0.2, 0) is 4.74 Å². The molecule has 1 aliphatic rings. The fourth-order valence-electron chi connectivity index (χ4n) is 2.24. The van der Waals surface area contributed by atoms with Crippen LogP contribution >= 0.6 is 12.4 Å². The maximum Gasteiger partial charge on any atom is 0.573 e. The summed E-state index contributed by atoms with van der Waals surface area (Å²) >= 11 is 0. The number of hydrogen-bond donors (Lipinski definition) is 1. The van der Waals surface area contributed by atoms with Gasteiger partial charge in [-0.25, -0.2) is 0 Å². The van der Waals surface area contributed by atoms with E-state index in [2.05, 4.69) is 4.74 Å². The van der Waals surface area contributed by atoms with E-state index in [4.69, 9.17) is 10.5 Å². The Morgan fingerprint density at radius 1 is 1.15 bits per heavy atom. The lowest BCUT2D eigenvalue weighted by atomic mass is 9.88. The molecule has 3 nitrogen and oxygen atoms in total. The van der Waals surface area contributed by atoms with Crippen LogP contribution in [0.25, 0.3) is 0 Å². The second-order valence-electron chi connectivity index (χ2n) is 4.59. The molecule has 1 aliphatic heterocycles. The van der Waals surface area contributed by atoms with Gasteiger partial charge in [-0.15, -0.1) is 25.6 Å². The van der Waals surface area contributed by atoms with Crippen LogP contribution in [-0.4, -0.2) is 19.6 Å². The number of nitrogens with two attached hydrogens (primary N) is 1. The highest BCUT2D eigenvalue weighted by Gasteiger charge is 2.31. The highest BCUT2D eigenvalue weighted by molar-refractivity contribution is 5.85. The fraction of sp³-hybridized carbons (Fsp3) is 0.538. The average molecular weight is 312 g/mol. The summed E-state index contributed by atoms with van der Waals surface area (Å²) in [5.74, 6) is 0.0820. The molecule has 0 spiro atoms. The second kappa shape index (κ2) is 7.15. The first-order valence-corrected chi connectivity index (χ1v) is 6.15. The van der Waals surface area contributed by atoms with Crippen molar-refractivity contribution in [2.24, 2.45) is 11.7 Å². The van der Waals surface area contributed by atoms with Crippen molar-refractivity contribution in [2.45, 2.75) is 25.2 Å². The number of benzene rings is 1. The summed E-state index contributed by atoms with van der Waals surface area (Å²) in [5, 5.41) is 0. The third-order valence-electron chi connectivity index (χ3n) is 3.27. The minimum atomic E-state index is -4.66. The van der Waals surface area contributed by atoms with Gasteiger partial charge in [0.15, 0.2) is 0 Å². The van der Waals surface area contributed by atoms with Crippen LogP contribution in [0.5, 0.6) is 5.75 Å². The Labute approximate surface area is 121 Å². The van der Waals surface area contributed by atoms with Crippen molar-refractivity contribution >= 4 is 12.4 Å². The molecule has 1 fully saturated rings. The van der Waals surface area contributed by atoms with E-state index >= 15 is 0 Å². The molecular weight excluding hydrogens is 295 g/mol. The van der Waals surface area contributed by atoms with E-state index < -0.39 is 6.36 Å². The van der Waals surface area contributed by atoms with Crippen LogP contribution in [0.4, 0.5) is 13.2 Å². The van der Waals surface area contributed by atoms with Gasteiger partial charge in [0, 0.05) is 19.3 Å². The van der Waals surface area contributed by atoms with Crippen LogP contribution in [0.15, 0.2) is 24.3 Å². The Morgan fingerprint density at radius 3 is 2.20 bits per heavy atom. The molecule has 0 bridgehead atoms.